The summed E-state index contributed by atoms with van der Waals surface area (Å²) in [7, 11) is -0.996. The van der Waals surface area contributed by atoms with Gasteiger partial charge in [-0.3, -0.25) is 9.35 Å². The molecule has 1 atom stereocenters. The Hall–Kier alpha value is -3.70. The van der Waals surface area contributed by atoms with Crippen molar-refractivity contribution < 1.29 is 41.8 Å². The number of carboxylic acids is 1. The standard InChI is InChI=1S/C21H19NO4.C2H4O5S/c1-12-15-9-19(24-3)18(23-2)8-14(15)6-17-16-10-21-20(25-11-26-21)7-13(16)4-5-22(12)17;3-2(4)1-8(5,6)7/h4-10,12H,11H2,1-3H3;1H2,(H,3,4)(H,5,6,7). The number of fused-ring (bicyclic) bond motifs is 5. The van der Waals surface area contributed by atoms with Crippen LogP contribution in [0, 0.1) is 0 Å². The Morgan fingerprint density at radius 1 is 1.09 bits per heavy atom. The molecule has 0 saturated heterocycles. The third kappa shape index (κ3) is 4.52. The van der Waals surface area contributed by atoms with Crippen LogP contribution < -0.4 is 18.9 Å². The summed E-state index contributed by atoms with van der Waals surface area (Å²) < 4.78 is 49.1. The number of carboxylic acid groups (broad SMARTS) is 1. The summed E-state index contributed by atoms with van der Waals surface area (Å²) in [5.74, 6) is 0.296. The van der Waals surface area contributed by atoms with Gasteiger partial charge in [-0.25, -0.2) is 0 Å². The molecule has 0 fully saturated rings. The van der Waals surface area contributed by atoms with E-state index in [1.165, 1.54) is 5.56 Å². The van der Waals surface area contributed by atoms with Gasteiger partial charge in [0.05, 0.1) is 20.3 Å². The highest BCUT2D eigenvalue weighted by Gasteiger charge is 2.30. The van der Waals surface area contributed by atoms with E-state index in [4.69, 9.17) is 28.6 Å². The van der Waals surface area contributed by atoms with Gasteiger partial charge < -0.3 is 29.0 Å². The summed E-state index contributed by atoms with van der Waals surface area (Å²) in [6.45, 7) is 2.47. The number of nitrogens with zero attached hydrogens (tertiary/aromatic N) is 1. The molecule has 0 spiro atoms. The molecule has 10 nitrogen and oxygen atoms in total. The Morgan fingerprint density at radius 3 is 2.32 bits per heavy atom. The lowest BCUT2D eigenvalue weighted by Gasteiger charge is -2.38. The molecule has 3 aliphatic heterocycles. The van der Waals surface area contributed by atoms with Crippen molar-refractivity contribution in [1.29, 1.82) is 0 Å². The first-order valence-electron chi connectivity index (χ1n) is 10.2. The average Bonchev–Trinajstić information content (AvgIpc) is 3.23. The predicted octanol–water partition coefficient (Wildman–Crippen LogP) is 3.25. The van der Waals surface area contributed by atoms with Crippen molar-refractivity contribution in [2.75, 3.05) is 26.8 Å². The molecule has 0 radical (unpaired) electrons. The van der Waals surface area contributed by atoms with E-state index in [9.17, 15) is 13.2 Å². The zero-order valence-electron chi connectivity index (χ0n) is 18.6. The summed E-state index contributed by atoms with van der Waals surface area (Å²) in [6, 6.07) is 8.40. The average molecular weight is 490 g/mol. The molecule has 5 rings (SSSR count). The van der Waals surface area contributed by atoms with Crippen LogP contribution >= 0.6 is 0 Å². The van der Waals surface area contributed by atoms with Gasteiger partial charge in [0.15, 0.2) is 28.8 Å². The number of hydrogen-bond donors (Lipinski definition) is 2. The predicted molar refractivity (Wildman–Crippen MR) is 123 cm³/mol. The van der Waals surface area contributed by atoms with E-state index >= 15 is 0 Å². The normalized spacial score (nSPS) is 16.9. The summed E-state index contributed by atoms with van der Waals surface area (Å²) in [6.07, 6.45) is 6.44. The number of ether oxygens (including phenoxy) is 4. The highest BCUT2D eigenvalue weighted by Crippen LogP contribution is 2.47. The molecule has 0 bridgehead atoms. The van der Waals surface area contributed by atoms with Crippen LogP contribution in [-0.2, 0) is 14.9 Å². The maximum absolute atomic E-state index is 9.62. The molecule has 0 aromatic heterocycles. The minimum Gasteiger partial charge on any atom is -0.493 e. The van der Waals surface area contributed by atoms with Gasteiger partial charge >= 0.3 is 5.97 Å². The minimum atomic E-state index is -4.32. The van der Waals surface area contributed by atoms with Gasteiger partial charge in [-0.05, 0) is 60.0 Å². The van der Waals surface area contributed by atoms with Crippen LogP contribution in [0.25, 0.3) is 17.8 Å². The lowest BCUT2D eigenvalue weighted by atomic mass is 9.89. The van der Waals surface area contributed by atoms with Gasteiger partial charge in [0.1, 0.15) is 0 Å². The lowest BCUT2D eigenvalue weighted by Crippen LogP contribution is -2.26. The largest absolute Gasteiger partial charge is 0.493 e. The first kappa shape index (κ1) is 23.5. The van der Waals surface area contributed by atoms with Crippen LogP contribution in [0.3, 0.4) is 0 Å². The van der Waals surface area contributed by atoms with Crippen molar-refractivity contribution in [2.24, 2.45) is 0 Å². The molecule has 2 aromatic carbocycles. The van der Waals surface area contributed by atoms with E-state index in [-0.39, 0.29) is 12.8 Å². The highest BCUT2D eigenvalue weighted by atomic mass is 32.2. The molecule has 2 N–H and O–H groups in total. The Balaban J connectivity index is 0.000000297. The molecule has 1 unspecified atom stereocenters. The van der Waals surface area contributed by atoms with Crippen LogP contribution in [0.4, 0.5) is 0 Å². The Kier molecular flexibility index (Phi) is 6.15. The van der Waals surface area contributed by atoms with Crippen LogP contribution in [0.2, 0.25) is 0 Å². The van der Waals surface area contributed by atoms with Crippen molar-refractivity contribution in [2.45, 2.75) is 13.0 Å². The smallest absolute Gasteiger partial charge is 0.321 e. The number of methoxy groups -OCH3 is 2. The van der Waals surface area contributed by atoms with Gasteiger partial charge in [0, 0.05) is 17.5 Å². The van der Waals surface area contributed by atoms with E-state index in [1.807, 2.05) is 12.1 Å². The number of rotatable bonds is 4. The molecule has 0 saturated carbocycles. The van der Waals surface area contributed by atoms with Gasteiger partial charge in [0.25, 0.3) is 10.1 Å². The van der Waals surface area contributed by atoms with Gasteiger partial charge in [0.2, 0.25) is 6.79 Å². The molecule has 0 aliphatic carbocycles. The monoisotopic (exact) mass is 489 g/mol. The quantitative estimate of drug-likeness (QED) is 0.617. The van der Waals surface area contributed by atoms with Crippen molar-refractivity contribution in [3.63, 3.8) is 0 Å². The Labute approximate surface area is 196 Å². The third-order valence-corrected chi connectivity index (χ3v) is 6.18. The molecule has 3 heterocycles. The van der Waals surface area contributed by atoms with E-state index in [2.05, 4.69) is 42.3 Å². The number of aliphatic carboxylic acids is 1. The lowest BCUT2D eigenvalue weighted by molar-refractivity contribution is -0.134. The van der Waals surface area contributed by atoms with Gasteiger partial charge in [-0.1, -0.05) is 0 Å². The van der Waals surface area contributed by atoms with Crippen LogP contribution in [-0.4, -0.2) is 55.7 Å². The molecule has 34 heavy (non-hydrogen) atoms. The van der Waals surface area contributed by atoms with E-state index in [1.54, 1.807) is 14.2 Å². The summed E-state index contributed by atoms with van der Waals surface area (Å²) in [5.41, 5.74) is 5.77. The second kappa shape index (κ2) is 8.92. The first-order valence-corrected chi connectivity index (χ1v) is 11.8. The molecular weight excluding hydrogens is 466 g/mol. The minimum absolute atomic E-state index is 0.180. The zero-order valence-corrected chi connectivity index (χ0v) is 19.5. The van der Waals surface area contributed by atoms with Crippen molar-refractivity contribution in [3.05, 3.63) is 52.7 Å². The highest BCUT2D eigenvalue weighted by molar-refractivity contribution is 7.86. The topological polar surface area (TPSA) is 132 Å². The molecule has 11 heteroatoms. The SMILES string of the molecule is COc1cc2c(cc1OC)C(C)N1C=Cc3cc4c(cc3C1=C2)OCO4.O=C(O)CS(=O)(=O)O. The summed E-state index contributed by atoms with van der Waals surface area (Å²) >= 11 is 0. The van der Waals surface area contributed by atoms with Gasteiger partial charge in [-0.15, -0.1) is 0 Å². The number of carbonyl (C=O) groups is 1. The van der Waals surface area contributed by atoms with Crippen LogP contribution in [0.15, 0.2) is 30.5 Å². The Bertz CT molecular complexity index is 1310. The molecule has 2 aromatic rings. The third-order valence-electron chi connectivity index (χ3n) is 5.57. The fraction of sp³-hybridized carbons (Fsp3) is 0.261. The summed E-state index contributed by atoms with van der Waals surface area (Å²) in [5, 5.41) is 7.71. The van der Waals surface area contributed by atoms with E-state index in [0.29, 0.717) is 0 Å². The zero-order chi connectivity index (χ0) is 24.6. The molecular formula is C23H23NO9S. The van der Waals surface area contributed by atoms with Gasteiger partial charge in [-0.2, -0.15) is 8.42 Å². The number of hydrogen-bond acceptors (Lipinski definition) is 8. The van der Waals surface area contributed by atoms with Crippen molar-refractivity contribution in [3.8, 4) is 23.0 Å². The maximum atomic E-state index is 9.62. The van der Waals surface area contributed by atoms with Crippen LogP contribution in [0.1, 0.15) is 35.2 Å². The maximum Gasteiger partial charge on any atom is 0.321 e. The van der Waals surface area contributed by atoms with Crippen molar-refractivity contribution in [1.82, 2.24) is 4.90 Å². The number of benzene rings is 2. The molecule has 3 aliphatic rings. The fourth-order valence-electron chi connectivity index (χ4n) is 4.04. The Morgan fingerprint density at radius 2 is 1.74 bits per heavy atom. The first-order chi connectivity index (χ1) is 16.1. The fourth-order valence-corrected chi connectivity index (χ4v) is 4.35. The van der Waals surface area contributed by atoms with Crippen LogP contribution in [0.5, 0.6) is 23.0 Å². The van der Waals surface area contributed by atoms with Crippen molar-refractivity contribution >= 4 is 33.9 Å². The summed E-state index contributed by atoms with van der Waals surface area (Å²) in [4.78, 5) is 11.8. The molecule has 180 valence electrons. The van der Waals surface area contributed by atoms with E-state index < -0.39 is 21.8 Å². The second-order valence-corrected chi connectivity index (χ2v) is 9.13. The molecule has 0 amide bonds. The van der Waals surface area contributed by atoms with E-state index in [0.717, 1.165) is 45.4 Å². The second-order valence-electron chi connectivity index (χ2n) is 7.68.